The lowest BCUT2D eigenvalue weighted by Crippen LogP contribution is -2.43. The Kier molecular flexibility index (Phi) is 4.76. The van der Waals surface area contributed by atoms with Gasteiger partial charge in [0.25, 0.3) is 0 Å². The van der Waals surface area contributed by atoms with Gasteiger partial charge in [0.1, 0.15) is 10.7 Å². The Morgan fingerprint density at radius 1 is 1.43 bits per heavy atom. The summed E-state index contributed by atoms with van der Waals surface area (Å²) in [7, 11) is -5.41. The van der Waals surface area contributed by atoms with E-state index in [1.165, 1.54) is 12.3 Å². The van der Waals surface area contributed by atoms with E-state index in [1.807, 2.05) is 0 Å². The summed E-state index contributed by atoms with van der Waals surface area (Å²) in [5.74, 6) is 0.299. The number of rotatable bonds is 4. The van der Waals surface area contributed by atoms with Crippen molar-refractivity contribution in [2.24, 2.45) is 0 Å². The second-order valence-corrected chi connectivity index (χ2v) is 9.18. The molecule has 0 amide bonds. The largest absolute Gasteiger partial charge is 0.372 e. The minimum atomic E-state index is -3.85. The summed E-state index contributed by atoms with van der Waals surface area (Å²) < 4.78 is 50.0. The maximum atomic E-state index is 12.2. The lowest BCUT2D eigenvalue weighted by molar-refractivity contribution is 0.517. The highest BCUT2D eigenvalue weighted by Crippen LogP contribution is 2.22. The highest BCUT2D eigenvalue weighted by atomic mass is 35.5. The van der Waals surface area contributed by atoms with Gasteiger partial charge >= 0.3 is 0 Å². The molecule has 1 fully saturated rings. The molecule has 1 aliphatic rings. The van der Waals surface area contributed by atoms with Gasteiger partial charge in [-0.15, -0.1) is 0 Å². The van der Waals surface area contributed by atoms with Gasteiger partial charge in [0.15, 0.2) is 9.84 Å². The van der Waals surface area contributed by atoms with E-state index < -0.39 is 25.9 Å². The van der Waals surface area contributed by atoms with Crippen LogP contribution in [0.15, 0.2) is 17.2 Å². The molecule has 1 aromatic heterocycles. The minimum absolute atomic E-state index is 0.0885. The summed E-state index contributed by atoms with van der Waals surface area (Å²) in [6.45, 7) is 0. The van der Waals surface area contributed by atoms with Crippen molar-refractivity contribution in [3.05, 3.63) is 17.3 Å². The van der Waals surface area contributed by atoms with Gasteiger partial charge in [-0.25, -0.2) is 26.5 Å². The van der Waals surface area contributed by atoms with Crippen LogP contribution in [0, 0.1) is 0 Å². The van der Waals surface area contributed by atoms with Crippen molar-refractivity contribution in [2.75, 3.05) is 23.9 Å². The van der Waals surface area contributed by atoms with Crippen molar-refractivity contribution in [1.82, 2.24) is 9.71 Å². The summed E-state index contributed by atoms with van der Waals surface area (Å²) in [5, 5.41) is 2.91. The zero-order valence-electron chi connectivity index (χ0n) is 11.3. The third kappa shape index (κ3) is 4.06. The van der Waals surface area contributed by atoms with Gasteiger partial charge in [-0.1, -0.05) is 11.6 Å². The Morgan fingerprint density at radius 3 is 2.71 bits per heavy atom. The van der Waals surface area contributed by atoms with Gasteiger partial charge in [0.05, 0.1) is 16.5 Å². The van der Waals surface area contributed by atoms with Gasteiger partial charge in [0.2, 0.25) is 10.0 Å². The highest BCUT2D eigenvalue weighted by molar-refractivity contribution is 7.91. The molecule has 7 nitrogen and oxygen atoms in total. The van der Waals surface area contributed by atoms with Crippen LogP contribution in [-0.4, -0.2) is 46.4 Å². The van der Waals surface area contributed by atoms with Gasteiger partial charge in [-0.05, 0) is 18.9 Å². The van der Waals surface area contributed by atoms with Crippen molar-refractivity contribution >= 4 is 37.3 Å². The van der Waals surface area contributed by atoms with Gasteiger partial charge < -0.3 is 5.32 Å². The first-order chi connectivity index (χ1) is 9.73. The number of hydrogen-bond acceptors (Lipinski definition) is 6. The Morgan fingerprint density at radius 2 is 2.14 bits per heavy atom. The zero-order valence-corrected chi connectivity index (χ0v) is 13.7. The van der Waals surface area contributed by atoms with Crippen LogP contribution >= 0.6 is 11.6 Å². The molecule has 0 spiro atoms. The number of sulfone groups is 1. The fraction of sp³-hybridized carbons (Fsp3) is 0.545. The number of anilines is 1. The molecule has 0 aromatic carbocycles. The van der Waals surface area contributed by atoms with E-state index in [2.05, 4.69) is 15.0 Å². The first kappa shape index (κ1) is 16.5. The highest BCUT2D eigenvalue weighted by Gasteiger charge is 2.29. The fourth-order valence-electron chi connectivity index (χ4n) is 2.15. The fourth-order valence-corrected chi connectivity index (χ4v) is 5.46. The summed E-state index contributed by atoms with van der Waals surface area (Å²) in [5.41, 5.74) is 0. The van der Waals surface area contributed by atoms with Crippen LogP contribution < -0.4 is 10.0 Å². The first-order valence-corrected chi connectivity index (χ1v) is 9.98. The molecule has 1 atom stereocenters. The van der Waals surface area contributed by atoms with Crippen LogP contribution in [0.1, 0.15) is 12.8 Å². The van der Waals surface area contributed by atoms with Crippen molar-refractivity contribution in [1.29, 1.82) is 0 Å². The summed E-state index contributed by atoms with van der Waals surface area (Å²) in [6.07, 6.45) is 2.12. The van der Waals surface area contributed by atoms with E-state index in [0.717, 1.165) is 0 Å². The topological polar surface area (TPSA) is 105 Å². The van der Waals surface area contributed by atoms with Crippen molar-refractivity contribution in [3.8, 4) is 0 Å². The number of hydrogen-bond donors (Lipinski definition) is 2. The lowest BCUT2D eigenvalue weighted by Gasteiger charge is -2.22. The Balaban J connectivity index is 2.20. The van der Waals surface area contributed by atoms with Crippen LogP contribution in [0.25, 0.3) is 0 Å². The number of halogens is 1. The zero-order chi connectivity index (χ0) is 15.7. The van der Waals surface area contributed by atoms with Crippen molar-refractivity contribution < 1.29 is 16.8 Å². The minimum Gasteiger partial charge on any atom is -0.372 e. The summed E-state index contributed by atoms with van der Waals surface area (Å²) in [6, 6.07) is 0.663. The Hall–Kier alpha value is -0.900. The molecule has 0 saturated carbocycles. The third-order valence-corrected chi connectivity index (χ3v) is 6.74. The van der Waals surface area contributed by atoms with Crippen LogP contribution in [0.2, 0.25) is 5.02 Å². The Bertz CT molecular complexity index is 734. The van der Waals surface area contributed by atoms with Crippen molar-refractivity contribution in [2.45, 2.75) is 23.8 Å². The van der Waals surface area contributed by atoms with Gasteiger partial charge in [0, 0.05) is 19.3 Å². The maximum Gasteiger partial charge on any atom is 0.242 e. The van der Waals surface area contributed by atoms with Crippen LogP contribution in [0.5, 0.6) is 0 Å². The lowest BCUT2D eigenvalue weighted by atomic mass is 10.2. The molecule has 0 aliphatic carbocycles. The molecule has 21 heavy (non-hydrogen) atoms. The molecule has 2 heterocycles. The predicted octanol–water partition coefficient (Wildman–Crippen LogP) is 0.632. The van der Waals surface area contributed by atoms with E-state index >= 15 is 0 Å². The smallest absolute Gasteiger partial charge is 0.242 e. The molecular weight excluding hydrogens is 338 g/mol. The predicted molar refractivity (Wildman–Crippen MR) is 80.8 cm³/mol. The van der Waals surface area contributed by atoms with Gasteiger partial charge in [-0.2, -0.15) is 0 Å². The molecule has 2 rings (SSSR count). The van der Waals surface area contributed by atoms with E-state index in [0.29, 0.717) is 18.7 Å². The molecule has 10 heteroatoms. The standard InChI is InChI=1S/C11H16ClN3O4S2/c1-13-11-10(12)5-9(6-14-11)21(18,19)15-8-3-2-4-20(16,17)7-8/h5-6,8,15H,2-4,7H2,1H3,(H,13,14). The quantitative estimate of drug-likeness (QED) is 0.822. The van der Waals surface area contributed by atoms with Crippen LogP contribution in [0.3, 0.4) is 0 Å². The SMILES string of the molecule is CNc1ncc(S(=O)(=O)NC2CCCS(=O)(=O)C2)cc1Cl. The second-order valence-electron chi connectivity index (χ2n) is 4.83. The van der Waals surface area contributed by atoms with Crippen LogP contribution in [0.4, 0.5) is 5.82 Å². The van der Waals surface area contributed by atoms with E-state index in [4.69, 9.17) is 11.6 Å². The average molecular weight is 354 g/mol. The monoisotopic (exact) mass is 353 g/mol. The molecule has 1 unspecified atom stereocenters. The Labute approximate surface area is 129 Å². The molecule has 2 N–H and O–H groups in total. The molecule has 0 bridgehead atoms. The summed E-state index contributed by atoms with van der Waals surface area (Å²) in [4.78, 5) is 3.82. The van der Waals surface area contributed by atoms with Crippen LogP contribution in [-0.2, 0) is 19.9 Å². The number of pyridine rings is 1. The van der Waals surface area contributed by atoms with E-state index in [-0.39, 0.29) is 21.4 Å². The first-order valence-electron chi connectivity index (χ1n) is 6.29. The normalized spacial score (nSPS) is 21.9. The average Bonchev–Trinajstić information content (AvgIpc) is 2.36. The van der Waals surface area contributed by atoms with Crippen molar-refractivity contribution in [3.63, 3.8) is 0 Å². The second kappa shape index (κ2) is 6.07. The molecule has 118 valence electrons. The molecule has 1 aromatic rings. The number of nitrogens with one attached hydrogen (secondary N) is 2. The molecule has 0 radical (unpaired) electrons. The van der Waals surface area contributed by atoms with Gasteiger partial charge in [-0.3, -0.25) is 0 Å². The molecule has 1 saturated heterocycles. The van der Waals surface area contributed by atoms with E-state index in [9.17, 15) is 16.8 Å². The maximum absolute atomic E-state index is 12.2. The third-order valence-electron chi connectivity index (χ3n) is 3.15. The van der Waals surface area contributed by atoms with E-state index in [1.54, 1.807) is 7.05 Å². The number of sulfonamides is 1. The number of nitrogens with zero attached hydrogens (tertiary/aromatic N) is 1. The molecular formula is C11H16ClN3O4S2. The summed E-state index contributed by atoms with van der Waals surface area (Å²) >= 11 is 5.91. The molecule has 1 aliphatic heterocycles. The number of aromatic nitrogens is 1.